The van der Waals surface area contributed by atoms with Crippen molar-refractivity contribution in [1.82, 2.24) is 4.90 Å². The Balaban J connectivity index is 1.93. The van der Waals surface area contributed by atoms with Gasteiger partial charge in [0.1, 0.15) is 0 Å². The normalized spacial score (nSPS) is 17.4. The van der Waals surface area contributed by atoms with Crippen LogP contribution in [0.2, 0.25) is 0 Å². The Morgan fingerprint density at radius 1 is 1.33 bits per heavy atom. The van der Waals surface area contributed by atoms with E-state index < -0.39 is 10.0 Å². The number of urea groups is 1. The van der Waals surface area contributed by atoms with Crippen molar-refractivity contribution in [2.75, 3.05) is 36.5 Å². The molecule has 1 aliphatic heterocycles. The number of nitrogens with one attached hydrogen (secondary N) is 2. The van der Waals surface area contributed by atoms with Gasteiger partial charge < -0.3 is 15.0 Å². The smallest absolute Gasteiger partial charge is 0.321 e. The molecule has 1 fully saturated rings. The van der Waals surface area contributed by atoms with E-state index in [2.05, 4.69) is 14.8 Å². The highest BCUT2D eigenvalue weighted by atomic mass is 32.2. The first kappa shape index (κ1) is 18.1. The predicted molar refractivity (Wildman–Crippen MR) is 90.2 cm³/mol. The molecular formula is C15H21N3O5S. The molecule has 0 unspecified atom stereocenters. The first-order chi connectivity index (χ1) is 11.3. The van der Waals surface area contributed by atoms with Gasteiger partial charge in [-0.05, 0) is 30.5 Å². The molecule has 0 saturated carbocycles. The quantitative estimate of drug-likeness (QED) is 0.778. The van der Waals surface area contributed by atoms with E-state index in [-0.39, 0.29) is 17.9 Å². The molecule has 0 bridgehead atoms. The van der Waals surface area contributed by atoms with Crippen LogP contribution in [-0.4, -0.2) is 51.8 Å². The number of methoxy groups -OCH3 is 1. The lowest BCUT2D eigenvalue weighted by Crippen LogP contribution is -2.33. The Labute approximate surface area is 141 Å². The molecule has 132 valence electrons. The van der Waals surface area contributed by atoms with E-state index in [0.717, 1.165) is 12.7 Å². The van der Waals surface area contributed by atoms with Gasteiger partial charge >= 0.3 is 12.0 Å². The number of hydrogen-bond donors (Lipinski definition) is 2. The number of ether oxygens (including phenoxy) is 1. The number of benzene rings is 1. The summed E-state index contributed by atoms with van der Waals surface area (Å²) in [6.45, 7) is 1.05. The van der Waals surface area contributed by atoms with Crippen molar-refractivity contribution in [1.29, 1.82) is 0 Å². The van der Waals surface area contributed by atoms with Crippen molar-refractivity contribution in [2.24, 2.45) is 5.92 Å². The summed E-state index contributed by atoms with van der Waals surface area (Å²) in [5.74, 6) is -0.178. The maximum absolute atomic E-state index is 12.3. The van der Waals surface area contributed by atoms with Crippen LogP contribution in [0.5, 0.6) is 0 Å². The second kappa shape index (κ2) is 7.52. The molecule has 2 N–H and O–H groups in total. The highest BCUT2D eigenvalue weighted by Crippen LogP contribution is 2.22. The standard InChI is InChI=1S/C15H21N3O5S/c1-23-14(19)8-11-6-7-18(10-11)15(20)16-12-4-3-5-13(9-12)17-24(2,21)22/h3-5,9,11,17H,6-8,10H2,1-2H3,(H,16,20)/t11-/m1/s1. The third-order valence-corrected chi connectivity index (χ3v) is 4.28. The second-order valence-electron chi connectivity index (χ2n) is 5.77. The summed E-state index contributed by atoms with van der Waals surface area (Å²) in [5, 5.41) is 2.73. The average molecular weight is 355 g/mol. The van der Waals surface area contributed by atoms with Gasteiger partial charge in [0.15, 0.2) is 0 Å². The van der Waals surface area contributed by atoms with Crippen molar-refractivity contribution in [3.63, 3.8) is 0 Å². The minimum atomic E-state index is -3.38. The molecule has 1 atom stereocenters. The Morgan fingerprint density at radius 2 is 2.04 bits per heavy atom. The number of carbonyl (C=O) groups is 2. The number of rotatable bonds is 5. The van der Waals surface area contributed by atoms with Crippen molar-refractivity contribution in [3.8, 4) is 0 Å². The second-order valence-corrected chi connectivity index (χ2v) is 7.51. The lowest BCUT2D eigenvalue weighted by atomic mass is 10.1. The summed E-state index contributed by atoms with van der Waals surface area (Å²) in [6, 6.07) is 6.18. The van der Waals surface area contributed by atoms with Crippen LogP contribution >= 0.6 is 0 Å². The average Bonchev–Trinajstić information content (AvgIpc) is 2.94. The summed E-state index contributed by atoms with van der Waals surface area (Å²) in [4.78, 5) is 25.2. The fraction of sp³-hybridized carbons (Fsp3) is 0.467. The molecule has 0 aliphatic carbocycles. The van der Waals surface area contributed by atoms with Crippen LogP contribution < -0.4 is 10.0 Å². The summed E-state index contributed by atoms with van der Waals surface area (Å²) in [5.41, 5.74) is 0.866. The molecule has 0 aromatic heterocycles. The first-order valence-electron chi connectivity index (χ1n) is 7.47. The summed E-state index contributed by atoms with van der Waals surface area (Å²) in [7, 11) is -2.03. The summed E-state index contributed by atoms with van der Waals surface area (Å²) >= 11 is 0. The predicted octanol–water partition coefficient (Wildman–Crippen LogP) is 1.47. The number of sulfonamides is 1. The summed E-state index contributed by atoms with van der Waals surface area (Å²) in [6.07, 6.45) is 2.11. The van der Waals surface area contributed by atoms with Gasteiger partial charge in [0.05, 0.1) is 25.5 Å². The van der Waals surface area contributed by atoms with E-state index >= 15 is 0 Å². The molecule has 2 rings (SSSR count). The fourth-order valence-corrected chi connectivity index (χ4v) is 3.13. The summed E-state index contributed by atoms with van der Waals surface area (Å²) < 4.78 is 29.5. The van der Waals surface area contributed by atoms with Gasteiger partial charge in [-0.1, -0.05) is 6.07 Å². The van der Waals surface area contributed by atoms with Crippen molar-refractivity contribution >= 4 is 33.4 Å². The van der Waals surface area contributed by atoms with Crippen LogP contribution in [0, 0.1) is 5.92 Å². The third kappa shape index (κ3) is 5.41. The zero-order chi connectivity index (χ0) is 17.7. The van der Waals surface area contributed by atoms with Crippen molar-refractivity contribution < 1.29 is 22.7 Å². The van der Waals surface area contributed by atoms with Gasteiger partial charge in [0, 0.05) is 18.8 Å². The van der Waals surface area contributed by atoms with Crippen LogP contribution in [0.1, 0.15) is 12.8 Å². The van der Waals surface area contributed by atoms with Crippen LogP contribution in [0.4, 0.5) is 16.2 Å². The van der Waals surface area contributed by atoms with Gasteiger partial charge in [-0.2, -0.15) is 0 Å². The van der Waals surface area contributed by atoms with Gasteiger partial charge in [-0.15, -0.1) is 0 Å². The molecule has 2 amide bonds. The maximum atomic E-state index is 12.3. The van der Waals surface area contributed by atoms with Crippen LogP contribution in [0.15, 0.2) is 24.3 Å². The zero-order valence-corrected chi connectivity index (χ0v) is 14.4. The van der Waals surface area contributed by atoms with E-state index in [1.807, 2.05) is 0 Å². The lowest BCUT2D eigenvalue weighted by molar-refractivity contribution is -0.141. The van der Waals surface area contributed by atoms with E-state index in [9.17, 15) is 18.0 Å². The van der Waals surface area contributed by atoms with E-state index in [1.54, 1.807) is 29.2 Å². The molecule has 9 heteroatoms. The Bertz CT molecular complexity index is 720. The Kier molecular flexibility index (Phi) is 5.66. The van der Waals surface area contributed by atoms with E-state index in [4.69, 9.17) is 0 Å². The fourth-order valence-electron chi connectivity index (χ4n) is 2.58. The largest absolute Gasteiger partial charge is 0.469 e. The first-order valence-corrected chi connectivity index (χ1v) is 9.36. The molecule has 0 radical (unpaired) electrons. The van der Waals surface area contributed by atoms with E-state index in [1.165, 1.54) is 7.11 Å². The van der Waals surface area contributed by atoms with Crippen molar-refractivity contribution in [2.45, 2.75) is 12.8 Å². The van der Waals surface area contributed by atoms with Gasteiger partial charge in [0.2, 0.25) is 10.0 Å². The lowest BCUT2D eigenvalue weighted by Gasteiger charge is -2.17. The molecular weight excluding hydrogens is 334 g/mol. The molecule has 1 aromatic rings. The molecule has 24 heavy (non-hydrogen) atoms. The minimum absolute atomic E-state index is 0.0986. The molecule has 0 spiro atoms. The number of anilines is 2. The van der Waals surface area contributed by atoms with Crippen LogP contribution in [0.3, 0.4) is 0 Å². The SMILES string of the molecule is COC(=O)C[C@H]1CCN(C(=O)Nc2cccc(NS(C)(=O)=O)c2)C1. The molecule has 1 heterocycles. The number of nitrogens with zero attached hydrogens (tertiary/aromatic N) is 1. The maximum Gasteiger partial charge on any atom is 0.321 e. The highest BCUT2D eigenvalue weighted by Gasteiger charge is 2.28. The number of amides is 2. The highest BCUT2D eigenvalue weighted by molar-refractivity contribution is 7.92. The number of esters is 1. The molecule has 1 saturated heterocycles. The Hall–Kier alpha value is -2.29. The van der Waals surface area contributed by atoms with E-state index in [0.29, 0.717) is 30.9 Å². The number of carbonyl (C=O) groups excluding carboxylic acids is 2. The number of hydrogen-bond acceptors (Lipinski definition) is 5. The molecule has 1 aliphatic rings. The van der Waals surface area contributed by atoms with Crippen LogP contribution in [-0.2, 0) is 19.6 Å². The zero-order valence-electron chi connectivity index (χ0n) is 13.6. The van der Waals surface area contributed by atoms with Gasteiger partial charge in [-0.3, -0.25) is 9.52 Å². The third-order valence-electron chi connectivity index (χ3n) is 3.67. The number of likely N-dealkylation sites (tertiary alicyclic amines) is 1. The van der Waals surface area contributed by atoms with Crippen LogP contribution in [0.25, 0.3) is 0 Å². The monoisotopic (exact) mass is 355 g/mol. The van der Waals surface area contributed by atoms with Gasteiger partial charge in [-0.25, -0.2) is 13.2 Å². The van der Waals surface area contributed by atoms with Crippen molar-refractivity contribution in [3.05, 3.63) is 24.3 Å². The Morgan fingerprint density at radius 3 is 2.71 bits per heavy atom. The van der Waals surface area contributed by atoms with Gasteiger partial charge in [0.25, 0.3) is 0 Å². The minimum Gasteiger partial charge on any atom is -0.469 e. The molecule has 1 aromatic carbocycles. The topological polar surface area (TPSA) is 105 Å². The molecule has 8 nitrogen and oxygen atoms in total.